The minimum absolute atomic E-state index is 0.0396. The van der Waals surface area contributed by atoms with Crippen molar-refractivity contribution in [1.29, 1.82) is 0 Å². The largest absolute Gasteiger partial charge is 0.486 e. The lowest BCUT2D eigenvalue weighted by Gasteiger charge is -2.24. The molecule has 1 aliphatic heterocycles. The second-order valence-corrected chi connectivity index (χ2v) is 3.26. The minimum atomic E-state index is -0.270. The summed E-state index contributed by atoms with van der Waals surface area (Å²) < 4.78 is 10.7. The third kappa shape index (κ3) is 1.71. The summed E-state index contributed by atoms with van der Waals surface area (Å²) in [7, 11) is 0. The predicted octanol–water partition coefficient (Wildman–Crippen LogP) is 1.47. The van der Waals surface area contributed by atoms with Crippen molar-refractivity contribution in [3.63, 3.8) is 0 Å². The van der Waals surface area contributed by atoms with Gasteiger partial charge in [-0.3, -0.25) is 0 Å². The van der Waals surface area contributed by atoms with Crippen LogP contribution in [0.4, 0.5) is 0 Å². The van der Waals surface area contributed by atoms with E-state index >= 15 is 0 Å². The van der Waals surface area contributed by atoms with Crippen LogP contribution in [0.25, 0.3) is 0 Å². The number of fused-ring (bicyclic) bond motifs is 1. The van der Waals surface area contributed by atoms with E-state index in [-0.39, 0.29) is 12.7 Å². The first-order valence-corrected chi connectivity index (χ1v) is 4.37. The quantitative estimate of drug-likeness (QED) is 0.746. The fourth-order valence-electron chi connectivity index (χ4n) is 1.18. The van der Waals surface area contributed by atoms with Gasteiger partial charge in [0.15, 0.2) is 17.6 Å². The maximum absolute atomic E-state index is 8.84. The molecule has 0 bridgehead atoms. The Morgan fingerprint density at radius 1 is 1.46 bits per heavy atom. The molecule has 2 rings (SSSR count). The molecule has 1 heterocycles. The lowest BCUT2D eigenvalue weighted by Crippen LogP contribution is -2.32. The first-order chi connectivity index (χ1) is 6.29. The van der Waals surface area contributed by atoms with E-state index in [0.29, 0.717) is 23.1 Å². The fourth-order valence-corrected chi connectivity index (χ4v) is 1.34. The van der Waals surface area contributed by atoms with Gasteiger partial charge in [0.1, 0.15) is 6.61 Å². The molecule has 4 heteroatoms. The van der Waals surface area contributed by atoms with E-state index < -0.39 is 0 Å². The summed E-state index contributed by atoms with van der Waals surface area (Å²) in [6, 6.07) is 5.16. The molecule has 1 aromatic rings. The molecule has 1 atom stereocenters. The molecule has 3 nitrogen and oxygen atoms in total. The van der Waals surface area contributed by atoms with Gasteiger partial charge < -0.3 is 14.6 Å². The molecule has 0 saturated heterocycles. The van der Waals surface area contributed by atoms with Crippen LogP contribution < -0.4 is 9.47 Å². The van der Waals surface area contributed by atoms with Gasteiger partial charge >= 0.3 is 0 Å². The van der Waals surface area contributed by atoms with Crippen molar-refractivity contribution in [1.82, 2.24) is 0 Å². The van der Waals surface area contributed by atoms with Gasteiger partial charge in [-0.2, -0.15) is 0 Å². The van der Waals surface area contributed by atoms with E-state index in [1.165, 1.54) is 0 Å². The molecule has 13 heavy (non-hydrogen) atoms. The van der Waals surface area contributed by atoms with Crippen LogP contribution in [0.2, 0.25) is 5.02 Å². The van der Waals surface area contributed by atoms with Gasteiger partial charge in [0.2, 0.25) is 0 Å². The number of aliphatic hydroxyl groups is 1. The average molecular weight is 201 g/mol. The van der Waals surface area contributed by atoms with Crippen molar-refractivity contribution < 1.29 is 14.6 Å². The van der Waals surface area contributed by atoms with Crippen LogP contribution in [-0.4, -0.2) is 24.4 Å². The van der Waals surface area contributed by atoms with Crippen molar-refractivity contribution in [2.75, 3.05) is 13.2 Å². The first kappa shape index (κ1) is 8.66. The topological polar surface area (TPSA) is 38.7 Å². The summed E-state index contributed by atoms with van der Waals surface area (Å²) in [5.41, 5.74) is 0. The molecule has 1 aromatic carbocycles. The van der Waals surface area contributed by atoms with Gasteiger partial charge in [-0.25, -0.2) is 0 Å². The number of hydrogen-bond donors (Lipinski definition) is 1. The van der Waals surface area contributed by atoms with Crippen molar-refractivity contribution in [3.8, 4) is 11.5 Å². The van der Waals surface area contributed by atoms with Crippen LogP contribution in [0, 0.1) is 0 Å². The van der Waals surface area contributed by atoms with Crippen LogP contribution >= 0.6 is 11.6 Å². The molecule has 1 unspecified atom stereocenters. The monoisotopic (exact) mass is 200 g/mol. The van der Waals surface area contributed by atoms with Gasteiger partial charge in [0, 0.05) is 11.1 Å². The normalized spacial score (nSPS) is 20.0. The van der Waals surface area contributed by atoms with E-state index in [1.54, 1.807) is 18.2 Å². The molecule has 0 spiro atoms. The van der Waals surface area contributed by atoms with Crippen molar-refractivity contribution in [2.45, 2.75) is 6.10 Å². The Bertz CT molecular complexity index is 314. The molecule has 0 aromatic heterocycles. The lowest BCUT2D eigenvalue weighted by molar-refractivity contribution is 0.0456. The molecule has 0 saturated carbocycles. The summed E-state index contributed by atoms with van der Waals surface area (Å²) in [5, 5.41) is 9.46. The van der Waals surface area contributed by atoms with Crippen LogP contribution in [-0.2, 0) is 0 Å². The van der Waals surface area contributed by atoms with Crippen LogP contribution in [0.1, 0.15) is 0 Å². The zero-order valence-electron chi connectivity index (χ0n) is 6.87. The second kappa shape index (κ2) is 3.44. The van der Waals surface area contributed by atoms with E-state index in [9.17, 15) is 0 Å². The molecule has 70 valence electrons. The number of aliphatic hydroxyl groups excluding tert-OH is 1. The Morgan fingerprint density at radius 3 is 3.08 bits per heavy atom. The smallest absolute Gasteiger partial charge is 0.162 e. The minimum Gasteiger partial charge on any atom is -0.486 e. The van der Waals surface area contributed by atoms with E-state index in [2.05, 4.69) is 0 Å². The summed E-state index contributed by atoms with van der Waals surface area (Å²) >= 11 is 5.76. The van der Waals surface area contributed by atoms with Gasteiger partial charge in [0.25, 0.3) is 0 Å². The zero-order chi connectivity index (χ0) is 9.26. The maximum Gasteiger partial charge on any atom is 0.162 e. The highest BCUT2D eigenvalue weighted by Crippen LogP contribution is 2.33. The van der Waals surface area contributed by atoms with Crippen molar-refractivity contribution in [3.05, 3.63) is 23.2 Å². The molecule has 0 radical (unpaired) electrons. The van der Waals surface area contributed by atoms with Crippen molar-refractivity contribution in [2.24, 2.45) is 0 Å². The molecule has 0 fully saturated rings. The lowest BCUT2D eigenvalue weighted by atomic mass is 10.3. The standard InChI is InChI=1S/C9H9ClO3/c10-6-1-2-8-9(3-6)12-5-7(4-11)13-8/h1-3,7,11H,4-5H2. The second-order valence-electron chi connectivity index (χ2n) is 2.82. The van der Waals surface area contributed by atoms with Gasteiger partial charge in [-0.1, -0.05) is 11.6 Å². The Balaban J connectivity index is 2.26. The van der Waals surface area contributed by atoms with Gasteiger partial charge in [0.05, 0.1) is 6.61 Å². The number of hydrogen-bond acceptors (Lipinski definition) is 3. The molecular formula is C9H9ClO3. The molecule has 1 N–H and O–H groups in total. The molecule has 0 amide bonds. The van der Waals surface area contributed by atoms with Crippen LogP contribution in [0.5, 0.6) is 11.5 Å². The summed E-state index contributed by atoms with van der Waals surface area (Å²) in [6.07, 6.45) is -0.270. The SMILES string of the molecule is OCC1COc2cc(Cl)ccc2O1. The van der Waals surface area contributed by atoms with E-state index in [1.807, 2.05) is 0 Å². The number of halogens is 1. The van der Waals surface area contributed by atoms with Crippen LogP contribution in [0.3, 0.4) is 0 Å². The highest BCUT2D eigenvalue weighted by molar-refractivity contribution is 6.30. The van der Waals surface area contributed by atoms with Gasteiger partial charge in [-0.05, 0) is 12.1 Å². The predicted molar refractivity (Wildman–Crippen MR) is 48.4 cm³/mol. The van der Waals surface area contributed by atoms with Crippen LogP contribution in [0.15, 0.2) is 18.2 Å². The number of rotatable bonds is 1. The fraction of sp³-hybridized carbons (Fsp3) is 0.333. The highest BCUT2D eigenvalue weighted by Gasteiger charge is 2.19. The average Bonchev–Trinajstić information content (AvgIpc) is 2.17. The maximum atomic E-state index is 8.84. The summed E-state index contributed by atoms with van der Waals surface area (Å²) in [4.78, 5) is 0. The number of benzene rings is 1. The highest BCUT2D eigenvalue weighted by atomic mass is 35.5. The Kier molecular flexibility index (Phi) is 2.29. The molecular weight excluding hydrogens is 192 g/mol. The summed E-state index contributed by atoms with van der Waals surface area (Å²) in [5.74, 6) is 1.27. The third-order valence-corrected chi connectivity index (χ3v) is 2.06. The molecule has 1 aliphatic rings. The van der Waals surface area contributed by atoms with E-state index in [4.69, 9.17) is 26.2 Å². The van der Waals surface area contributed by atoms with Gasteiger partial charge in [-0.15, -0.1) is 0 Å². The third-order valence-electron chi connectivity index (χ3n) is 1.83. The Morgan fingerprint density at radius 2 is 2.31 bits per heavy atom. The number of ether oxygens (including phenoxy) is 2. The zero-order valence-corrected chi connectivity index (χ0v) is 7.62. The molecule has 0 aliphatic carbocycles. The Hall–Kier alpha value is -0.930. The Labute approximate surface area is 80.8 Å². The summed E-state index contributed by atoms with van der Waals surface area (Å²) in [6.45, 7) is 0.325. The van der Waals surface area contributed by atoms with E-state index in [0.717, 1.165) is 0 Å². The first-order valence-electron chi connectivity index (χ1n) is 3.99. The van der Waals surface area contributed by atoms with Crippen molar-refractivity contribution >= 4 is 11.6 Å².